The van der Waals surface area contributed by atoms with Crippen LogP contribution in [-0.4, -0.2) is 53.3 Å². The topological polar surface area (TPSA) is 81.2 Å². The summed E-state index contributed by atoms with van der Waals surface area (Å²) in [6.45, 7) is 4.25. The second-order valence-corrected chi connectivity index (χ2v) is 14.0. The molecule has 1 aliphatic carbocycles. The number of benzene rings is 4. The van der Waals surface area contributed by atoms with Crippen molar-refractivity contribution >= 4 is 17.3 Å². The summed E-state index contributed by atoms with van der Waals surface area (Å²) < 4.78 is 27.0. The molecule has 0 saturated heterocycles. The standard InChI is InChI=1S/C44H56N2O5S/c1-2-3-4-5-6-7-20-29-45-44(52)46-38-39(47)41(49-31-35-23-14-9-15-24-35)43(51-33-37-27-18-11-19-28-37)42(50-32-36-25-16-10-17-26-36)40(38)48-30-34-21-12-8-13-22-34/h8-19,21-28,38-43,47H,2-7,20,29-33H2,1H3,(H2,45,46,52). The number of hydrogen-bond acceptors (Lipinski definition) is 6. The number of ether oxygens (including phenoxy) is 4. The average molecular weight is 725 g/mol. The highest BCUT2D eigenvalue weighted by atomic mass is 32.1. The summed E-state index contributed by atoms with van der Waals surface area (Å²) in [5.41, 5.74) is 4.05. The molecule has 1 fully saturated rings. The van der Waals surface area contributed by atoms with Gasteiger partial charge in [-0.1, -0.05) is 167 Å². The van der Waals surface area contributed by atoms with Crippen molar-refractivity contribution in [2.24, 2.45) is 0 Å². The smallest absolute Gasteiger partial charge is 0.166 e. The molecule has 7 nitrogen and oxygen atoms in total. The first-order chi connectivity index (χ1) is 25.6. The second kappa shape index (κ2) is 22.4. The molecule has 52 heavy (non-hydrogen) atoms. The first kappa shape index (κ1) is 39.6. The van der Waals surface area contributed by atoms with E-state index >= 15 is 0 Å². The van der Waals surface area contributed by atoms with E-state index in [4.69, 9.17) is 31.2 Å². The zero-order valence-corrected chi connectivity index (χ0v) is 31.3. The van der Waals surface area contributed by atoms with E-state index < -0.39 is 36.6 Å². The van der Waals surface area contributed by atoms with Gasteiger partial charge in [-0.2, -0.15) is 0 Å². The third-order valence-corrected chi connectivity index (χ3v) is 9.80. The van der Waals surface area contributed by atoms with E-state index in [1.54, 1.807) is 0 Å². The van der Waals surface area contributed by atoms with Crippen LogP contribution in [0.5, 0.6) is 0 Å². The van der Waals surface area contributed by atoms with Crippen molar-refractivity contribution in [1.82, 2.24) is 10.6 Å². The van der Waals surface area contributed by atoms with Gasteiger partial charge in [0, 0.05) is 6.54 Å². The fourth-order valence-corrected chi connectivity index (χ4v) is 6.90. The zero-order chi connectivity index (χ0) is 36.2. The largest absolute Gasteiger partial charge is 0.388 e. The quantitative estimate of drug-likeness (QED) is 0.0586. The minimum atomic E-state index is -1.04. The van der Waals surface area contributed by atoms with E-state index in [0.29, 0.717) is 31.5 Å². The number of rotatable bonds is 21. The summed E-state index contributed by atoms with van der Waals surface area (Å²) >= 11 is 5.86. The van der Waals surface area contributed by atoms with Crippen LogP contribution < -0.4 is 10.6 Å². The van der Waals surface area contributed by atoms with Crippen molar-refractivity contribution in [1.29, 1.82) is 0 Å². The van der Waals surface area contributed by atoms with Gasteiger partial charge in [-0.05, 0) is 40.9 Å². The number of aliphatic hydroxyl groups is 1. The Labute approximate surface area is 316 Å². The van der Waals surface area contributed by atoms with Crippen LogP contribution >= 0.6 is 12.2 Å². The van der Waals surface area contributed by atoms with E-state index in [2.05, 4.69) is 17.6 Å². The van der Waals surface area contributed by atoms with E-state index in [0.717, 1.165) is 41.6 Å². The summed E-state index contributed by atoms with van der Waals surface area (Å²) in [6.07, 6.45) is 4.78. The lowest BCUT2D eigenvalue weighted by molar-refractivity contribution is -0.249. The molecule has 0 aliphatic heterocycles. The van der Waals surface area contributed by atoms with Crippen molar-refractivity contribution in [3.05, 3.63) is 144 Å². The molecular formula is C44H56N2O5S. The molecule has 0 spiro atoms. The average Bonchev–Trinajstić information content (AvgIpc) is 3.19. The van der Waals surface area contributed by atoms with Gasteiger partial charge >= 0.3 is 0 Å². The molecule has 4 aromatic carbocycles. The monoisotopic (exact) mass is 724 g/mol. The van der Waals surface area contributed by atoms with Gasteiger partial charge in [0.2, 0.25) is 0 Å². The van der Waals surface area contributed by atoms with Gasteiger partial charge in [0.25, 0.3) is 0 Å². The number of unbranched alkanes of at least 4 members (excludes halogenated alkanes) is 6. The van der Waals surface area contributed by atoms with Crippen LogP contribution in [0.15, 0.2) is 121 Å². The first-order valence-electron chi connectivity index (χ1n) is 19.0. The lowest BCUT2D eigenvalue weighted by atomic mass is 9.82. The maximum atomic E-state index is 12.3. The molecule has 6 atom stereocenters. The predicted octanol–water partition coefficient (Wildman–Crippen LogP) is 8.29. The molecule has 0 heterocycles. The highest BCUT2D eigenvalue weighted by Crippen LogP contribution is 2.33. The maximum Gasteiger partial charge on any atom is 0.166 e. The Bertz CT molecular complexity index is 1530. The summed E-state index contributed by atoms with van der Waals surface area (Å²) in [4.78, 5) is 0. The van der Waals surface area contributed by atoms with Crippen molar-refractivity contribution in [3.63, 3.8) is 0 Å². The molecule has 0 bridgehead atoms. The second-order valence-electron chi connectivity index (χ2n) is 13.6. The summed E-state index contributed by atoms with van der Waals surface area (Å²) in [5, 5.41) is 19.6. The molecule has 3 N–H and O–H groups in total. The van der Waals surface area contributed by atoms with Gasteiger partial charge in [-0.15, -0.1) is 0 Å². The highest BCUT2D eigenvalue weighted by molar-refractivity contribution is 7.80. The highest BCUT2D eigenvalue weighted by Gasteiger charge is 2.53. The van der Waals surface area contributed by atoms with E-state index in [1.807, 2.05) is 121 Å². The van der Waals surface area contributed by atoms with E-state index in [-0.39, 0.29) is 0 Å². The Balaban J connectivity index is 1.41. The fraction of sp³-hybridized carbons (Fsp3) is 0.432. The lowest BCUT2D eigenvalue weighted by Gasteiger charge is -2.49. The van der Waals surface area contributed by atoms with Crippen LogP contribution in [0.4, 0.5) is 0 Å². The Morgan fingerprint density at radius 3 is 1.33 bits per heavy atom. The Kier molecular flexibility index (Phi) is 17.1. The van der Waals surface area contributed by atoms with Crippen LogP contribution in [-0.2, 0) is 45.4 Å². The molecule has 0 aromatic heterocycles. The minimum absolute atomic E-state index is 0.294. The van der Waals surface area contributed by atoms with Gasteiger partial charge in [-0.25, -0.2) is 0 Å². The molecule has 6 unspecified atom stereocenters. The summed E-state index contributed by atoms with van der Waals surface area (Å²) in [7, 11) is 0. The third-order valence-electron chi connectivity index (χ3n) is 9.53. The van der Waals surface area contributed by atoms with E-state index in [1.165, 1.54) is 32.1 Å². The maximum absolute atomic E-state index is 12.3. The zero-order valence-electron chi connectivity index (χ0n) is 30.5. The third kappa shape index (κ3) is 12.8. The van der Waals surface area contributed by atoms with Crippen LogP contribution in [0.2, 0.25) is 0 Å². The molecule has 1 saturated carbocycles. The van der Waals surface area contributed by atoms with E-state index in [9.17, 15) is 5.11 Å². The molecule has 1 aliphatic rings. The molecule has 8 heteroatoms. The van der Waals surface area contributed by atoms with Gasteiger partial charge in [-0.3, -0.25) is 0 Å². The van der Waals surface area contributed by atoms with Crippen molar-refractivity contribution in [2.45, 2.75) is 115 Å². The van der Waals surface area contributed by atoms with Crippen molar-refractivity contribution in [2.75, 3.05) is 6.54 Å². The SMILES string of the molecule is CCCCCCCCCNC(=S)NC1C(O)C(OCc2ccccc2)C(OCc2ccccc2)C(OCc2ccccc2)C1OCc1ccccc1. The molecule has 5 rings (SSSR count). The number of nitrogens with one attached hydrogen (secondary N) is 2. The lowest BCUT2D eigenvalue weighted by Crippen LogP contribution is -2.70. The fourth-order valence-electron chi connectivity index (χ4n) is 6.66. The van der Waals surface area contributed by atoms with Gasteiger partial charge < -0.3 is 34.7 Å². The van der Waals surface area contributed by atoms with Crippen LogP contribution in [0.25, 0.3) is 0 Å². The number of aliphatic hydroxyl groups excluding tert-OH is 1. The van der Waals surface area contributed by atoms with Crippen LogP contribution in [0.3, 0.4) is 0 Å². The Morgan fingerprint density at radius 2 is 0.885 bits per heavy atom. The van der Waals surface area contributed by atoms with Crippen LogP contribution in [0.1, 0.15) is 74.1 Å². The molecule has 0 amide bonds. The van der Waals surface area contributed by atoms with Crippen molar-refractivity contribution in [3.8, 4) is 0 Å². The van der Waals surface area contributed by atoms with Crippen molar-refractivity contribution < 1.29 is 24.1 Å². The summed E-state index contributed by atoms with van der Waals surface area (Å²) in [6, 6.07) is 39.5. The Morgan fingerprint density at radius 1 is 0.519 bits per heavy atom. The summed E-state index contributed by atoms with van der Waals surface area (Å²) in [5.74, 6) is 0. The predicted molar refractivity (Wildman–Crippen MR) is 212 cm³/mol. The normalized spacial score (nSPS) is 21.4. The Hall–Kier alpha value is -3.63. The van der Waals surface area contributed by atoms with Gasteiger partial charge in [0.05, 0.1) is 32.5 Å². The minimum Gasteiger partial charge on any atom is -0.388 e. The molecule has 4 aromatic rings. The molecule has 278 valence electrons. The number of hydrogen-bond donors (Lipinski definition) is 3. The first-order valence-corrected chi connectivity index (χ1v) is 19.4. The van der Waals surface area contributed by atoms with Crippen LogP contribution in [0, 0.1) is 0 Å². The van der Waals surface area contributed by atoms with Gasteiger partial charge in [0.1, 0.15) is 30.5 Å². The number of thiocarbonyl (C=S) groups is 1. The van der Waals surface area contributed by atoms with Gasteiger partial charge in [0.15, 0.2) is 5.11 Å². The molecule has 0 radical (unpaired) electrons. The molecular weight excluding hydrogens is 669 g/mol.